The zero-order valence-electron chi connectivity index (χ0n) is 18.5. The Hall–Kier alpha value is -2.72. The van der Waals surface area contributed by atoms with E-state index in [0.29, 0.717) is 18.8 Å². The van der Waals surface area contributed by atoms with E-state index >= 15 is 0 Å². The lowest BCUT2D eigenvalue weighted by molar-refractivity contribution is -0.198. The zero-order valence-corrected chi connectivity index (χ0v) is 19.3. The monoisotopic (exact) mass is 472 g/mol. The van der Waals surface area contributed by atoms with Gasteiger partial charge in [0.05, 0.1) is 12.0 Å². The summed E-state index contributed by atoms with van der Waals surface area (Å²) in [6, 6.07) is 11.8. The van der Waals surface area contributed by atoms with Crippen LogP contribution in [0.3, 0.4) is 0 Å². The molecule has 2 aromatic carbocycles. The van der Waals surface area contributed by atoms with Crippen LogP contribution in [-0.2, 0) is 30.8 Å². The third-order valence-corrected chi connectivity index (χ3v) is 7.26. The molecule has 1 aliphatic heterocycles. The van der Waals surface area contributed by atoms with Crippen molar-refractivity contribution in [1.82, 2.24) is 10.2 Å². The summed E-state index contributed by atoms with van der Waals surface area (Å²) in [5, 5.41) is 0. The van der Waals surface area contributed by atoms with Gasteiger partial charge in [-0.3, -0.25) is 4.79 Å². The first-order valence-electron chi connectivity index (χ1n) is 11.0. The minimum Gasteiger partial charge on any atom is -0.497 e. The lowest BCUT2D eigenvalue weighted by atomic mass is 10.0. The van der Waals surface area contributed by atoms with Crippen molar-refractivity contribution in [2.75, 3.05) is 13.7 Å². The SMILES string of the molecule is COc1ccc(S(=O)(=O)NC2CCc3cc(/C=C/C(=O)NOC4CCCCO4)ccc32)cc1. The first kappa shape index (κ1) is 23.4. The third kappa shape index (κ3) is 6.00. The highest BCUT2D eigenvalue weighted by Gasteiger charge is 2.27. The molecule has 1 fully saturated rings. The van der Waals surface area contributed by atoms with Gasteiger partial charge in [0, 0.05) is 25.1 Å². The van der Waals surface area contributed by atoms with Crippen molar-refractivity contribution in [3.05, 3.63) is 65.2 Å². The number of aryl methyl sites for hydroxylation is 1. The van der Waals surface area contributed by atoms with Crippen molar-refractivity contribution >= 4 is 22.0 Å². The Labute approximate surface area is 193 Å². The highest BCUT2D eigenvalue weighted by atomic mass is 32.2. The Balaban J connectivity index is 1.36. The van der Waals surface area contributed by atoms with Crippen molar-refractivity contribution in [1.29, 1.82) is 0 Å². The van der Waals surface area contributed by atoms with Crippen LogP contribution in [0, 0.1) is 0 Å². The maximum absolute atomic E-state index is 12.8. The van der Waals surface area contributed by atoms with Crippen LogP contribution in [0.1, 0.15) is 48.4 Å². The molecule has 1 aliphatic carbocycles. The molecule has 1 amide bonds. The fourth-order valence-corrected chi connectivity index (χ4v) is 5.26. The molecule has 0 saturated carbocycles. The molecular weight excluding hydrogens is 444 g/mol. The van der Waals surface area contributed by atoms with Crippen molar-refractivity contribution in [3.63, 3.8) is 0 Å². The normalized spacial score (nSPS) is 20.5. The minimum absolute atomic E-state index is 0.197. The molecule has 8 nitrogen and oxygen atoms in total. The Kier molecular flexibility index (Phi) is 7.44. The van der Waals surface area contributed by atoms with E-state index < -0.39 is 16.3 Å². The van der Waals surface area contributed by atoms with E-state index in [1.807, 2.05) is 18.2 Å². The molecular formula is C24H28N2O6S. The average Bonchev–Trinajstić information content (AvgIpc) is 3.23. The van der Waals surface area contributed by atoms with Gasteiger partial charge in [-0.25, -0.2) is 23.5 Å². The number of fused-ring (bicyclic) bond motifs is 1. The van der Waals surface area contributed by atoms with Crippen molar-refractivity contribution in [2.45, 2.75) is 49.3 Å². The minimum atomic E-state index is -3.66. The molecule has 0 spiro atoms. The van der Waals surface area contributed by atoms with Gasteiger partial charge in [-0.1, -0.05) is 18.2 Å². The van der Waals surface area contributed by atoms with Gasteiger partial charge in [-0.05, 0) is 72.7 Å². The Morgan fingerprint density at radius 3 is 2.67 bits per heavy atom. The smallest absolute Gasteiger partial charge is 0.267 e. The van der Waals surface area contributed by atoms with Gasteiger partial charge in [0.25, 0.3) is 5.91 Å². The van der Waals surface area contributed by atoms with E-state index in [1.165, 1.54) is 25.3 Å². The molecule has 2 aliphatic rings. The Bertz CT molecular complexity index is 1110. The molecule has 2 atom stereocenters. The molecule has 2 unspecified atom stereocenters. The molecule has 9 heteroatoms. The van der Waals surface area contributed by atoms with Gasteiger partial charge in [0.15, 0.2) is 6.29 Å². The molecule has 0 radical (unpaired) electrons. The topological polar surface area (TPSA) is 103 Å². The second-order valence-electron chi connectivity index (χ2n) is 8.06. The number of hydrogen-bond acceptors (Lipinski definition) is 6. The number of carbonyl (C=O) groups excluding carboxylic acids is 1. The van der Waals surface area contributed by atoms with Gasteiger partial charge < -0.3 is 9.47 Å². The van der Waals surface area contributed by atoms with Gasteiger partial charge in [-0.2, -0.15) is 0 Å². The number of benzene rings is 2. The number of hydrogen-bond donors (Lipinski definition) is 2. The summed E-state index contributed by atoms with van der Waals surface area (Å²) in [5.74, 6) is 0.234. The summed E-state index contributed by atoms with van der Waals surface area (Å²) in [4.78, 5) is 17.5. The van der Waals surface area contributed by atoms with Crippen LogP contribution in [-0.4, -0.2) is 34.3 Å². The van der Waals surface area contributed by atoms with E-state index in [0.717, 1.165) is 42.4 Å². The van der Waals surface area contributed by atoms with Crippen LogP contribution in [0.2, 0.25) is 0 Å². The predicted octanol–water partition coefficient (Wildman–Crippen LogP) is 3.25. The molecule has 176 valence electrons. The van der Waals surface area contributed by atoms with Gasteiger partial charge in [0.2, 0.25) is 10.0 Å². The van der Waals surface area contributed by atoms with Crippen molar-refractivity contribution in [3.8, 4) is 5.75 Å². The van der Waals surface area contributed by atoms with Crippen LogP contribution >= 0.6 is 0 Å². The number of methoxy groups -OCH3 is 1. The van der Waals surface area contributed by atoms with Gasteiger partial charge in [-0.15, -0.1) is 0 Å². The van der Waals surface area contributed by atoms with Crippen molar-refractivity contribution < 1.29 is 27.5 Å². The maximum Gasteiger partial charge on any atom is 0.267 e. The maximum atomic E-state index is 12.8. The van der Waals surface area contributed by atoms with E-state index in [-0.39, 0.29) is 16.8 Å². The number of nitrogens with one attached hydrogen (secondary N) is 2. The quantitative estimate of drug-likeness (QED) is 0.452. The lowest BCUT2D eigenvalue weighted by Crippen LogP contribution is -2.32. The number of carbonyl (C=O) groups is 1. The van der Waals surface area contributed by atoms with Crippen LogP contribution in [0.15, 0.2) is 53.4 Å². The molecule has 33 heavy (non-hydrogen) atoms. The van der Waals surface area contributed by atoms with E-state index in [9.17, 15) is 13.2 Å². The standard InChI is InChI=1S/C24H28N2O6S/c1-30-19-8-10-20(11-9-19)33(28,29)26-22-13-7-18-16-17(5-12-21(18)22)6-14-23(27)25-32-24-4-2-3-15-31-24/h5-6,8-12,14,16,22,24,26H,2-4,7,13,15H2,1H3,(H,25,27)/b14-6+. The van der Waals surface area contributed by atoms with Gasteiger partial charge in [0.1, 0.15) is 5.75 Å². The van der Waals surface area contributed by atoms with E-state index in [1.54, 1.807) is 18.2 Å². The molecule has 2 N–H and O–H groups in total. The summed E-state index contributed by atoms with van der Waals surface area (Å²) in [6.45, 7) is 0.642. The molecule has 4 rings (SSSR count). The molecule has 1 heterocycles. The average molecular weight is 473 g/mol. The number of amides is 1. The molecule has 2 aromatic rings. The largest absolute Gasteiger partial charge is 0.497 e. The van der Waals surface area contributed by atoms with Crippen LogP contribution < -0.4 is 14.9 Å². The molecule has 0 bridgehead atoms. The molecule has 1 saturated heterocycles. The number of ether oxygens (including phenoxy) is 2. The van der Waals surface area contributed by atoms with Crippen LogP contribution in [0.25, 0.3) is 6.08 Å². The number of hydroxylamine groups is 1. The van der Waals surface area contributed by atoms with Crippen molar-refractivity contribution in [2.24, 2.45) is 0 Å². The number of sulfonamides is 1. The lowest BCUT2D eigenvalue weighted by Gasteiger charge is -2.21. The van der Waals surface area contributed by atoms with Crippen LogP contribution in [0.4, 0.5) is 0 Å². The first-order chi connectivity index (χ1) is 15.9. The summed E-state index contributed by atoms with van der Waals surface area (Å²) >= 11 is 0. The summed E-state index contributed by atoms with van der Waals surface area (Å²) in [6.07, 6.45) is 6.93. The van der Waals surface area contributed by atoms with Gasteiger partial charge >= 0.3 is 0 Å². The third-order valence-electron chi connectivity index (χ3n) is 5.77. The molecule has 0 aromatic heterocycles. The van der Waals surface area contributed by atoms with Crippen LogP contribution in [0.5, 0.6) is 5.75 Å². The fourth-order valence-electron chi connectivity index (χ4n) is 4.01. The summed E-state index contributed by atoms with van der Waals surface area (Å²) in [7, 11) is -2.12. The summed E-state index contributed by atoms with van der Waals surface area (Å²) in [5.41, 5.74) is 5.27. The Morgan fingerprint density at radius 2 is 1.94 bits per heavy atom. The first-order valence-corrected chi connectivity index (χ1v) is 12.5. The fraction of sp³-hybridized carbons (Fsp3) is 0.375. The predicted molar refractivity (Wildman–Crippen MR) is 123 cm³/mol. The second kappa shape index (κ2) is 10.5. The van der Waals surface area contributed by atoms with E-state index in [4.69, 9.17) is 14.3 Å². The number of rotatable bonds is 8. The Morgan fingerprint density at radius 1 is 1.12 bits per heavy atom. The summed E-state index contributed by atoms with van der Waals surface area (Å²) < 4.78 is 38.9. The van der Waals surface area contributed by atoms with E-state index in [2.05, 4.69) is 10.2 Å². The zero-order chi connectivity index (χ0) is 23.3. The highest BCUT2D eigenvalue weighted by molar-refractivity contribution is 7.89. The highest BCUT2D eigenvalue weighted by Crippen LogP contribution is 2.33. The second-order valence-corrected chi connectivity index (χ2v) is 9.77.